The molecule has 0 unspecified atom stereocenters. The van der Waals surface area contributed by atoms with Gasteiger partial charge in [-0.05, 0) is 65.4 Å². The normalized spacial score (nSPS) is 17.9. The number of β-amino-alcohol motifs (C(OH)–C–C–N with tert-alkyl or cyclic N) is 1. The molecule has 2 N–H and O–H groups in total. The first-order valence-corrected chi connectivity index (χ1v) is 16.3. The number of hydrogen-bond donors (Lipinski definition) is 2. The lowest BCUT2D eigenvalue weighted by molar-refractivity contribution is -0.134. The lowest BCUT2D eigenvalue weighted by Crippen LogP contribution is -2.56. The van der Waals surface area contributed by atoms with Gasteiger partial charge in [0.05, 0.1) is 12.8 Å². The van der Waals surface area contributed by atoms with E-state index in [1.165, 1.54) is 20.9 Å². The van der Waals surface area contributed by atoms with Gasteiger partial charge in [-0.1, -0.05) is 54.6 Å². The standard InChI is InChI=1S/C33H38N4O2S2/c38-28(22-34-23-29-11-6-20-40-29)24-36-25-37(27-9-2-1-3-10-27)33(32(36)39)15-18-35(19-16-33)17-14-26-8-4-5-12-30(26)31-13-7-21-41-31/h1-13,20-21,28,34,38H,14-19,22-25H2/t28-/m0/s1. The summed E-state index contributed by atoms with van der Waals surface area (Å²) in [6.07, 6.45) is 1.96. The van der Waals surface area contributed by atoms with Gasteiger partial charge in [-0.25, -0.2) is 0 Å². The van der Waals surface area contributed by atoms with E-state index in [0.717, 1.165) is 51.1 Å². The van der Waals surface area contributed by atoms with Crippen LogP contribution in [0, 0.1) is 0 Å². The number of nitrogens with one attached hydrogen (secondary N) is 1. The van der Waals surface area contributed by atoms with E-state index >= 15 is 0 Å². The molecule has 0 aliphatic carbocycles. The molecule has 2 aromatic carbocycles. The first kappa shape index (κ1) is 28.1. The monoisotopic (exact) mass is 586 g/mol. The van der Waals surface area contributed by atoms with E-state index in [-0.39, 0.29) is 5.91 Å². The van der Waals surface area contributed by atoms with Gasteiger partial charge in [-0.2, -0.15) is 0 Å². The summed E-state index contributed by atoms with van der Waals surface area (Å²) in [6.45, 7) is 4.79. The van der Waals surface area contributed by atoms with Crippen LogP contribution in [0.15, 0.2) is 89.6 Å². The average Bonchev–Trinajstić information content (AvgIpc) is 3.78. The van der Waals surface area contributed by atoms with Crippen LogP contribution in [-0.2, 0) is 17.8 Å². The van der Waals surface area contributed by atoms with E-state index in [1.54, 1.807) is 22.7 Å². The third kappa shape index (κ3) is 6.27. The highest BCUT2D eigenvalue weighted by molar-refractivity contribution is 7.13. The molecule has 8 heteroatoms. The van der Waals surface area contributed by atoms with Crippen molar-refractivity contribution in [2.45, 2.75) is 37.5 Å². The Morgan fingerprint density at radius 3 is 2.41 bits per heavy atom. The van der Waals surface area contributed by atoms with Crippen molar-refractivity contribution < 1.29 is 9.90 Å². The summed E-state index contributed by atoms with van der Waals surface area (Å²) in [6, 6.07) is 27.5. The van der Waals surface area contributed by atoms with Crippen LogP contribution in [-0.4, -0.2) is 71.8 Å². The number of aliphatic hydroxyl groups is 1. The molecule has 0 bridgehead atoms. The summed E-state index contributed by atoms with van der Waals surface area (Å²) < 4.78 is 0. The fourth-order valence-corrected chi connectivity index (χ4v) is 7.73. The Morgan fingerprint density at radius 2 is 1.66 bits per heavy atom. The maximum absolute atomic E-state index is 14.1. The van der Waals surface area contributed by atoms with Crippen LogP contribution in [0.4, 0.5) is 5.69 Å². The molecule has 214 valence electrons. The minimum Gasteiger partial charge on any atom is -0.390 e. The van der Waals surface area contributed by atoms with Gasteiger partial charge in [0.25, 0.3) is 0 Å². The number of likely N-dealkylation sites (tertiary alicyclic amines) is 1. The highest BCUT2D eigenvalue weighted by Crippen LogP contribution is 2.39. The minimum atomic E-state index is -0.616. The topological polar surface area (TPSA) is 59.1 Å². The van der Waals surface area contributed by atoms with Crippen LogP contribution < -0.4 is 10.2 Å². The molecule has 0 saturated carbocycles. The number of carbonyl (C=O) groups is 1. The third-order valence-electron chi connectivity index (χ3n) is 8.46. The van der Waals surface area contributed by atoms with Crippen molar-refractivity contribution in [3.05, 3.63) is 100 Å². The highest BCUT2D eigenvalue weighted by Gasteiger charge is 2.53. The fraction of sp³-hybridized carbons (Fsp3) is 0.364. The van der Waals surface area contributed by atoms with Crippen molar-refractivity contribution >= 4 is 34.3 Å². The van der Waals surface area contributed by atoms with E-state index in [0.29, 0.717) is 19.8 Å². The Hall–Kier alpha value is -3.01. The van der Waals surface area contributed by atoms with Crippen molar-refractivity contribution in [1.82, 2.24) is 15.1 Å². The first-order valence-electron chi connectivity index (χ1n) is 14.5. The molecule has 6 nitrogen and oxygen atoms in total. The van der Waals surface area contributed by atoms with Gasteiger partial charge in [0.1, 0.15) is 5.54 Å². The molecule has 4 aromatic rings. The number of thiophene rings is 2. The number of aliphatic hydroxyl groups excluding tert-OH is 1. The van der Waals surface area contributed by atoms with Crippen LogP contribution in [0.3, 0.4) is 0 Å². The van der Waals surface area contributed by atoms with Gasteiger partial charge in [-0.3, -0.25) is 4.79 Å². The smallest absolute Gasteiger partial charge is 0.250 e. The summed E-state index contributed by atoms with van der Waals surface area (Å²) in [5, 5.41) is 18.4. The quantitative estimate of drug-likeness (QED) is 0.250. The Morgan fingerprint density at radius 1 is 0.902 bits per heavy atom. The van der Waals surface area contributed by atoms with E-state index in [9.17, 15) is 9.90 Å². The molecular weight excluding hydrogens is 549 g/mol. The van der Waals surface area contributed by atoms with Gasteiger partial charge in [0, 0.05) is 54.7 Å². The maximum Gasteiger partial charge on any atom is 0.250 e. The molecule has 2 aliphatic rings. The molecule has 1 amide bonds. The molecule has 2 aromatic heterocycles. The molecule has 4 heterocycles. The summed E-state index contributed by atoms with van der Waals surface area (Å²) in [4.78, 5) is 23.3. The largest absolute Gasteiger partial charge is 0.390 e. The van der Waals surface area contributed by atoms with Gasteiger partial charge >= 0.3 is 0 Å². The lowest BCUT2D eigenvalue weighted by atomic mass is 9.85. The zero-order valence-electron chi connectivity index (χ0n) is 23.3. The van der Waals surface area contributed by atoms with Gasteiger partial charge in [0.2, 0.25) is 5.91 Å². The summed E-state index contributed by atoms with van der Waals surface area (Å²) in [5.74, 6) is 0.154. The van der Waals surface area contributed by atoms with Crippen molar-refractivity contribution in [1.29, 1.82) is 0 Å². The number of carbonyl (C=O) groups excluding carboxylic acids is 1. The van der Waals surface area contributed by atoms with Crippen molar-refractivity contribution in [2.75, 3.05) is 44.3 Å². The summed E-state index contributed by atoms with van der Waals surface area (Å²) >= 11 is 3.49. The number of hydrogen-bond acceptors (Lipinski definition) is 7. The third-order valence-corrected chi connectivity index (χ3v) is 10.2. The molecule has 0 radical (unpaired) electrons. The number of amides is 1. The number of para-hydroxylation sites is 1. The Kier molecular flexibility index (Phi) is 8.84. The van der Waals surface area contributed by atoms with Gasteiger partial charge in [-0.15, -0.1) is 22.7 Å². The van der Waals surface area contributed by atoms with Gasteiger partial charge in [0.15, 0.2) is 0 Å². The Labute approximate surface area is 250 Å². The van der Waals surface area contributed by atoms with Crippen LogP contribution in [0.1, 0.15) is 23.3 Å². The number of benzene rings is 2. The number of rotatable bonds is 11. The molecular formula is C33H38N4O2S2. The van der Waals surface area contributed by atoms with E-state index in [4.69, 9.17) is 0 Å². The van der Waals surface area contributed by atoms with Gasteiger partial charge < -0.3 is 25.1 Å². The second-order valence-electron chi connectivity index (χ2n) is 11.1. The summed E-state index contributed by atoms with van der Waals surface area (Å²) in [7, 11) is 0. The SMILES string of the molecule is O=C1N(C[C@@H](O)CNCc2cccs2)CN(c2ccccc2)C12CCN(CCc1ccccc1-c1cccs1)CC2. The van der Waals surface area contributed by atoms with E-state index < -0.39 is 11.6 Å². The average molecular weight is 587 g/mol. The fourth-order valence-electron chi connectivity index (χ4n) is 6.27. The van der Waals surface area contributed by atoms with Crippen LogP contribution in [0.25, 0.3) is 10.4 Å². The van der Waals surface area contributed by atoms with E-state index in [2.05, 4.69) is 80.5 Å². The molecule has 6 rings (SSSR count). The molecule has 1 atom stereocenters. The number of piperidine rings is 1. The molecule has 2 fully saturated rings. The second kappa shape index (κ2) is 12.9. The first-order chi connectivity index (χ1) is 20.1. The maximum atomic E-state index is 14.1. The number of anilines is 1. The van der Waals surface area contributed by atoms with Crippen LogP contribution in [0.5, 0.6) is 0 Å². The zero-order chi connectivity index (χ0) is 28.1. The molecule has 2 saturated heterocycles. The zero-order valence-corrected chi connectivity index (χ0v) is 25.0. The summed E-state index contributed by atoms with van der Waals surface area (Å²) in [5.41, 5.74) is 3.23. The molecule has 2 aliphatic heterocycles. The highest BCUT2D eigenvalue weighted by atomic mass is 32.1. The van der Waals surface area contributed by atoms with Crippen molar-refractivity contribution in [3.8, 4) is 10.4 Å². The molecule has 41 heavy (non-hydrogen) atoms. The van der Waals surface area contributed by atoms with Crippen molar-refractivity contribution in [3.63, 3.8) is 0 Å². The molecule has 1 spiro atoms. The lowest BCUT2D eigenvalue weighted by Gasteiger charge is -2.43. The number of nitrogens with zero attached hydrogens (tertiary/aromatic N) is 3. The predicted octanol–water partition coefficient (Wildman–Crippen LogP) is 5.31. The Bertz CT molecular complexity index is 1390. The van der Waals surface area contributed by atoms with E-state index in [1.807, 2.05) is 29.2 Å². The Balaban J connectivity index is 1.10. The van der Waals surface area contributed by atoms with Crippen molar-refractivity contribution in [2.24, 2.45) is 0 Å². The second-order valence-corrected chi connectivity index (χ2v) is 13.0. The van der Waals surface area contributed by atoms with Crippen LogP contribution >= 0.6 is 22.7 Å². The van der Waals surface area contributed by atoms with Crippen LogP contribution in [0.2, 0.25) is 0 Å². The predicted molar refractivity (Wildman–Crippen MR) is 169 cm³/mol. The minimum absolute atomic E-state index is 0.154.